The van der Waals surface area contributed by atoms with E-state index in [1.54, 1.807) is 60.7 Å². The number of phenolic OH excluding ortho intramolecular Hbond substituents is 1. The summed E-state index contributed by atoms with van der Waals surface area (Å²) in [6, 6.07) is 23.9. The van der Waals surface area contributed by atoms with Crippen LogP contribution < -0.4 is 15.1 Å². The third kappa shape index (κ3) is 5.00. The lowest BCUT2D eigenvalue weighted by Gasteiger charge is -2.50. The van der Waals surface area contributed by atoms with Gasteiger partial charge in [-0.3, -0.25) is 29.5 Å². The van der Waals surface area contributed by atoms with Crippen molar-refractivity contribution < 1.29 is 33.4 Å². The van der Waals surface area contributed by atoms with Gasteiger partial charge in [-0.05, 0) is 103 Å². The third-order valence-electron chi connectivity index (χ3n) is 10.9. The highest BCUT2D eigenvalue weighted by Crippen LogP contribution is 2.64. The average molecular weight is 771 g/mol. The summed E-state index contributed by atoms with van der Waals surface area (Å²) in [4.78, 5) is 59.6. The van der Waals surface area contributed by atoms with Gasteiger partial charge in [0.1, 0.15) is 5.82 Å². The van der Waals surface area contributed by atoms with Gasteiger partial charge in [-0.25, -0.2) is 4.39 Å². The van der Waals surface area contributed by atoms with Gasteiger partial charge in [0.25, 0.3) is 11.8 Å². The highest BCUT2D eigenvalue weighted by Gasteiger charge is 2.70. The maximum absolute atomic E-state index is 15.2. The number of fused-ring (bicyclic) bond motifs is 4. The molecular weight excluding hydrogens is 741 g/mol. The molecule has 2 heterocycles. The molecule has 12 heteroatoms. The Morgan fingerprint density at radius 3 is 2.29 bits per heavy atom. The molecule has 4 aromatic rings. The van der Waals surface area contributed by atoms with Crippen molar-refractivity contribution in [3.63, 3.8) is 0 Å². The Kier molecular flexibility index (Phi) is 8.03. The van der Waals surface area contributed by atoms with E-state index in [0.29, 0.717) is 27.5 Å². The van der Waals surface area contributed by atoms with Gasteiger partial charge in [0.05, 0.1) is 41.7 Å². The van der Waals surface area contributed by atoms with Gasteiger partial charge in [0.15, 0.2) is 11.5 Å². The Labute approximate surface area is 305 Å². The summed E-state index contributed by atoms with van der Waals surface area (Å²) in [6.07, 6.45) is 2.30. The summed E-state index contributed by atoms with van der Waals surface area (Å²) < 4.78 is 20.2. The number of hydrogen-bond donors (Lipinski definition) is 2. The lowest BCUT2D eigenvalue weighted by molar-refractivity contribution is -0.138. The van der Waals surface area contributed by atoms with E-state index in [9.17, 15) is 23.9 Å². The Hall–Kier alpha value is -5.00. The van der Waals surface area contributed by atoms with E-state index in [4.69, 9.17) is 16.3 Å². The molecule has 2 saturated heterocycles. The first-order valence-electron chi connectivity index (χ1n) is 16.4. The van der Waals surface area contributed by atoms with Crippen molar-refractivity contribution in [2.45, 2.75) is 24.2 Å². The molecule has 4 aromatic carbocycles. The van der Waals surface area contributed by atoms with Crippen LogP contribution in [-0.2, 0) is 24.6 Å². The zero-order valence-electron chi connectivity index (χ0n) is 27.1. The number of ether oxygens (including phenoxy) is 1. The molecule has 2 N–H and O–H groups in total. The fourth-order valence-corrected chi connectivity index (χ4v) is 9.14. The lowest BCUT2D eigenvalue weighted by Crippen LogP contribution is -2.53. The number of nitrogens with zero attached hydrogens (tertiary/aromatic N) is 2. The van der Waals surface area contributed by atoms with Crippen molar-refractivity contribution in [3.8, 4) is 11.5 Å². The van der Waals surface area contributed by atoms with Crippen LogP contribution in [0.25, 0.3) is 0 Å². The Morgan fingerprint density at radius 2 is 1.61 bits per heavy atom. The van der Waals surface area contributed by atoms with Gasteiger partial charge in [-0.1, -0.05) is 57.4 Å². The third-order valence-corrected chi connectivity index (χ3v) is 11.7. The van der Waals surface area contributed by atoms with Gasteiger partial charge < -0.3 is 9.84 Å². The number of carbonyl (C=O) groups is 4. The molecule has 1 saturated carbocycles. The number of imide groups is 2. The summed E-state index contributed by atoms with van der Waals surface area (Å²) in [5.41, 5.74) is 4.01. The van der Waals surface area contributed by atoms with Gasteiger partial charge >= 0.3 is 0 Å². The summed E-state index contributed by atoms with van der Waals surface area (Å²) in [7, 11) is 1.42. The van der Waals surface area contributed by atoms with Crippen LogP contribution in [0.2, 0.25) is 5.02 Å². The Balaban J connectivity index is 1.33. The normalized spacial score (nSPS) is 26.8. The van der Waals surface area contributed by atoms with E-state index in [2.05, 4.69) is 21.4 Å². The summed E-state index contributed by atoms with van der Waals surface area (Å²) in [5, 5.41) is 12.0. The van der Waals surface area contributed by atoms with Gasteiger partial charge in [-0.2, -0.15) is 5.01 Å². The molecule has 0 aromatic heterocycles. The monoisotopic (exact) mass is 769 g/mol. The first-order chi connectivity index (χ1) is 24.5. The standard InChI is InChI=1S/C39H30BrClFN3O6/c1-51-32-18-20(2-17-31(32)46)34-27-15-16-28-33(37(49)44(35(28)47)26-13-5-22(40)6-14-26)29(27)19-30-36(48)45(43-25-11-9-24(42)10-12-25)38(50)39(30,34)21-3-7-23(41)8-4-21/h2-15,17-18,28-30,33-34,43,46H,16,19H2,1H3. The van der Waals surface area contributed by atoms with Crippen LogP contribution >= 0.6 is 27.5 Å². The van der Waals surface area contributed by atoms with E-state index < -0.39 is 52.6 Å². The number of benzene rings is 4. The summed E-state index contributed by atoms with van der Waals surface area (Å²) in [6.45, 7) is 0. The van der Waals surface area contributed by atoms with E-state index >= 15 is 4.79 Å². The second-order valence-corrected chi connectivity index (χ2v) is 14.6. The minimum absolute atomic E-state index is 0.0979. The fraction of sp³-hybridized carbons (Fsp3) is 0.231. The smallest absolute Gasteiger partial charge is 0.260 e. The predicted molar refractivity (Wildman–Crippen MR) is 190 cm³/mol. The van der Waals surface area contributed by atoms with Crippen molar-refractivity contribution in [3.05, 3.63) is 129 Å². The second-order valence-electron chi connectivity index (χ2n) is 13.3. The maximum Gasteiger partial charge on any atom is 0.260 e. The number of hydrazine groups is 1. The first kappa shape index (κ1) is 33.2. The van der Waals surface area contributed by atoms with Gasteiger partial charge in [0, 0.05) is 15.4 Å². The predicted octanol–water partition coefficient (Wildman–Crippen LogP) is 7.15. The SMILES string of the molecule is COc1cc(C2C3=CCC4C(=O)N(c5ccc(Br)cc5)C(=O)C4C3CC3C(=O)N(Nc4ccc(F)cc4)C(=O)C32c2ccc(Cl)cc2)ccc1O. The number of methoxy groups -OCH3 is 1. The van der Waals surface area contributed by atoms with Gasteiger partial charge in [0.2, 0.25) is 11.8 Å². The van der Waals surface area contributed by atoms with Crippen molar-refractivity contribution in [2.24, 2.45) is 23.7 Å². The molecule has 8 rings (SSSR count). The molecule has 3 fully saturated rings. The zero-order valence-corrected chi connectivity index (χ0v) is 29.4. The number of allylic oxidation sites excluding steroid dienone is 2. The number of anilines is 2. The highest BCUT2D eigenvalue weighted by molar-refractivity contribution is 9.10. The van der Waals surface area contributed by atoms with Crippen molar-refractivity contribution >= 4 is 62.5 Å². The van der Waals surface area contributed by atoms with Crippen LogP contribution in [0.1, 0.15) is 29.9 Å². The molecule has 0 radical (unpaired) electrons. The van der Waals surface area contributed by atoms with Gasteiger partial charge in [-0.15, -0.1) is 0 Å². The zero-order chi connectivity index (χ0) is 35.8. The molecule has 2 aliphatic carbocycles. The average Bonchev–Trinajstić information content (AvgIpc) is 3.51. The fourth-order valence-electron chi connectivity index (χ4n) is 8.75. The van der Waals surface area contributed by atoms with Crippen LogP contribution in [0, 0.1) is 29.5 Å². The van der Waals surface area contributed by atoms with Crippen molar-refractivity contribution in [1.29, 1.82) is 0 Å². The number of nitrogens with one attached hydrogen (secondary N) is 1. The van der Waals surface area contributed by atoms with E-state index in [0.717, 1.165) is 15.1 Å². The summed E-state index contributed by atoms with van der Waals surface area (Å²) >= 11 is 9.77. The van der Waals surface area contributed by atoms with E-state index in [1.807, 2.05) is 6.08 Å². The molecule has 4 aliphatic rings. The van der Waals surface area contributed by atoms with Crippen molar-refractivity contribution in [1.82, 2.24) is 5.01 Å². The number of rotatable bonds is 6. The molecular formula is C39H30BrClFN3O6. The molecule has 0 bridgehead atoms. The van der Waals surface area contributed by atoms with Crippen LogP contribution in [0.3, 0.4) is 0 Å². The van der Waals surface area contributed by atoms with E-state index in [-0.39, 0.29) is 36.2 Å². The first-order valence-corrected chi connectivity index (χ1v) is 17.6. The maximum atomic E-state index is 15.2. The topological polar surface area (TPSA) is 116 Å². The summed E-state index contributed by atoms with van der Waals surface area (Å²) in [5.74, 6) is -6.04. The van der Waals surface area contributed by atoms with Crippen LogP contribution in [0.15, 0.2) is 107 Å². The molecule has 2 aliphatic heterocycles. The Bertz CT molecular complexity index is 2140. The molecule has 6 atom stereocenters. The number of amides is 4. The Morgan fingerprint density at radius 1 is 0.902 bits per heavy atom. The molecule has 4 amide bonds. The molecule has 6 unspecified atom stereocenters. The number of halogens is 3. The minimum atomic E-state index is -1.55. The lowest BCUT2D eigenvalue weighted by atomic mass is 9.49. The quantitative estimate of drug-likeness (QED) is 0.158. The molecule has 258 valence electrons. The molecule has 9 nitrogen and oxygen atoms in total. The number of carbonyl (C=O) groups excluding carboxylic acids is 4. The van der Waals surface area contributed by atoms with E-state index in [1.165, 1.54) is 42.3 Å². The van der Waals surface area contributed by atoms with Crippen LogP contribution in [0.4, 0.5) is 15.8 Å². The van der Waals surface area contributed by atoms with Crippen LogP contribution in [0.5, 0.6) is 11.5 Å². The largest absolute Gasteiger partial charge is 0.504 e. The van der Waals surface area contributed by atoms with Crippen molar-refractivity contribution in [2.75, 3.05) is 17.4 Å². The minimum Gasteiger partial charge on any atom is -0.504 e. The molecule has 51 heavy (non-hydrogen) atoms. The van der Waals surface area contributed by atoms with Crippen LogP contribution in [-0.4, -0.2) is 40.9 Å². The number of hydrogen-bond acceptors (Lipinski definition) is 7. The number of aromatic hydroxyl groups is 1. The second kappa shape index (κ2) is 12.3. The highest BCUT2D eigenvalue weighted by atomic mass is 79.9. The number of phenols is 1. The molecule has 0 spiro atoms.